The Labute approximate surface area is 106 Å². The van der Waals surface area contributed by atoms with Gasteiger partial charge in [-0.1, -0.05) is 0 Å². The van der Waals surface area contributed by atoms with E-state index in [9.17, 15) is 0 Å². The molecule has 2 rings (SSSR count). The van der Waals surface area contributed by atoms with Gasteiger partial charge in [-0.15, -0.1) is 0 Å². The Kier molecular flexibility index (Phi) is 3.31. The van der Waals surface area contributed by atoms with Gasteiger partial charge in [0.1, 0.15) is 5.82 Å². The lowest BCUT2D eigenvalue weighted by Gasteiger charge is -2.16. The third-order valence-corrected chi connectivity index (χ3v) is 2.26. The Hall–Kier alpha value is -2.31. The number of nitrogens with one attached hydrogen (secondary N) is 2. The highest BCUT2D eigenvalue weighted by Crippen LogP contribution is 2.16. The number of aromatic nitrogens is 4. The Morgan fingerprint density at radius 2 is 1.61 bits per heavy atom. The normalized spacial score (nSPS) is 10.2. The molecule has 0 saturated carbocycles. The molecule has 0 atom stereocenters. The van der Waals surface area contributed by atoms with E-state index in [0.717, 1.165) is 5.82 Å². The maximum absolute atomic E-state index is 4.34. The van der Waals surface area contributed by atoms with Crippen LogP contribution in [0, 0.1) is 0 Å². The Bertz CT molecular complexity index is 478. The largest absolute Gasteiger partial charge is 0.348 e. The van der Waals surface area contributed by atoms with E-state index in [2.05, 4.69) is 25.3 Å². The zero-order valence-electron chi connectivity index (χ0n) is 11.0. The van der Waals surface area contributed by atoms with E-state index < -0.39 is 0 Å². The fourth-order valence-electron chi connectivity index (χ4n) is 1.34. The average molecular weight is 247 g/mol. The van der Waals surface area contributed by atoms with Crippen molar-refractivity contribution in [2.75, 3.05) is 43.3 Å². The standard InChI is InChI=1S/C11H17N7/c1-17(2)10-14-9(13-8-6-5-7-12-8)15-11(16-10)18(3)4/h5-7,12H,1-4H3,(H,13,14,15,16). The van der Waals surface area contributed by atoms with Crippen LogP contribution in [0.15, 0.2) is 18.3 Å². The van der Waals surface area contributed by atoms with Gasteiger partial charge in [0, 0.05) is 34.4 Å². The van der Waals surface area contributed by atoms with E-state index in [1.807, 2.05) is 56.3 Å². The van der Waals surface area contributed by atoms with Crippen LogP contribution in [0.2, 0.25) is 0 Å². The first-order chi connectivity index (χ1) is 8.56. The lowest BCUT2D eigenvalue weighted by molar-refractivity contribution is 0.919. The summed E-state index contributed by atoms with van der Waals surface area (Å²) in [7, 11) is 7.58. The van der Waals surface area contributed by atoms with Gasteiger partial charge in [0.05, 0.1) is 0 Å². The number of H-pyrrole nitrogens is 1. The zero-order chi connectivity index (χ0) is 13.1. The fraction of sp³-hybridized carbons (Fsp3) is 0.364. The van der Waals surface area contributed by atoms with Crippen LogP contribution in [0.25, 0.3) is 0 Å². The maximum Gasteiger partial charge on any atom is 0.234 e. The van der Waals surface area contributed by atoms with Gasteiger partial charge in [-0.2, -0.15) is 15.0 Å². The second-order valence-corrected chi connectivity index (χ2v) is 4.26. The highest BCUT2D eigenvalue weighted by molar-refractivity contribution is 5.52. The highest BCUT2D eigenvalue weighted by atomic mass is 15.3. The smallest absolute Gasteiger partial charge is 0.234 e. The zero-order valence-corrected chi connectivity index (χ0v) is 11.0. The second kappa shape index (κ2) is 4.91. The number of hydrogen-bond donors (Lipinski definition) is 2. The Morgan fingerprint density at radius 3 is 2.06 bits per heavy atom. The van der Waals surface area contributed by atoms with Gasteiger partial charge < -0.3 is 20.1 Å². The second-order valence-electron chi connectivity index (χ2n) is 4.26. The van der Waals surface area contributed by atoms with E-state index >= 15 is 0 Å². The van der Waals surface area contributed by atoms with Gasteiger partial charge >= 0.3 is 0 Å². The molecular formula is C11H17N7. The first kappa shape index (κ1) is 12.2. The van der Waals surface area contributed by atoms with Gasteiger partial charge in [-0.05, 0) is 12.1 Å². The van der Waals surface area contributed by atoms with E-state index in [0.29, 0.717) is 17.8 Å². The summed E-state index contributed by atoms with van der Waals surface area (Å²) in [6.45, 7) is 0. The van der Waals surface area contributed by atoms with Gasteiger partial charge in [-0.3, -0.25) is 0 Å². The van der Waals surface area contributed by atoms with Crippen molar-refractivity contribution in [3.8, 4) is 0 Å². The molecule has 2 heterocycles. The molecule has 0 spiro atoms. The van der Waals surface area contributed by atoms with Crippen molar-refractivity contribution in [3.63, 3.8) is 0 Å². The minimum absolute atomic E-state index is 0.514. The van der Waals surface area contributed by atoms with Gasteiger partial charge in [0.15, 0.2) is 0 Å². The summed E-state index contributed by atoms with van der Waals surface area (Å²) in [5.41, 5.74) is 0. The molecule has 7 heteroatoms. The van der Waals surface area contributed by atoms with Crippen LogP contribution in [0.1, 0.15) is 0 Å². The molecule has 7 nitrogen and oxygen atoms in total. The molecule has 0 amide bonds. The number of aromatic amines is 1. The predicted molar refractivity (Wildman–Crippen MR) is 72.6 cm³/mol. The Morgan fingerprint density at radius 1 is 1.00 bits per heavy atom. The fourth-order valence-corrected chi connectivity index (χ4v) is 1.34. The SMILES string of the molecule is CN(C)c1nc(Nc2ccc[nH]2)nc(N(C)C)n1. The monoisotopic (exact) mass is 247 g/mol. The molecule has 0 aliphatic carbocycles. The van der Waals surface area contributed by atoms with E-state index in [4.69, 9.17) is 0 Å². The minimum Gasteiger partial charge on any atom is -0.348 e. The molecule has 0 fully saturated rings. The van der Waals surface area contributed by atoms with Crippen molar-refractivity contribution in [1.29, 1.82) is 0 Å². The Balaban J connectivity index is 2.34. The summed E-state index contributed by atoms with van der Waals surface area (Å²) in [4.78, 5) is 19.7. The van der Waals surface area contributed by atoms with Gasteiger partial charge in [0.25, 0.3) is 0 Å². The third kappa shape index (κ3) is 2.68. The summed E-state index contributed by atoms with van der Waals surface area (Å²) < 4.78 is 0. The van der Waals surface area contributed by atoms with Crippen LogP contribution in [-0.2, 0) is 0 Å². The molecule has 0 bridgehead atoms. The number of anilines is 4. The summed E-state index contributed by atoms with van der Waals surface area (Å²) in [5.74, 6) is 2.58. The van der Waals surface area contributed by atoms with Crippen molar-refractivity contribution >= 4 is 23.7 Å². The quantitative estimate of drug-likeness (QED) is 0.842. The van der Waals surface area contributed by atoms with E-state index in [-0.39, 0.29) is 0 Å². The van der Waals surface area contributed by atoms with Crippen LogP contribution < -0.4 is 15.1 Å². The first-order valence-electron chi connectivity index (χ1n) is 5.57. The van der Waals surface area contributed by atoms with E-state index in [1.54, 1.807) is 0 Å². The minimum atomic E-state index is 0.514. The van der Waals surface area contributed by atoms with Crippen LogP contribution in [0.3, 0.4) is 0 Å². The van der Waals surface area contributed by atoms with Crippen molar-refractivity contribution in [1.82, 2.24) is 19.9 Å². The van der Waals surface area contributed by atoms with Crippen LogP contribution >= 0.6 is 0 Å². The summed E-state index contributed by atoms with van der Waals surface area (Å²) in [6, 6.07) is 3.82. The highest BCUT2D eigenvalue weighted by Gasteiger charge is 2.09. The van der Waals surface area contributed by atoms with Gasteiger partial charge in [0.2, 0.25) is 17.8 Å². The van der Waals surface area contributed by atoms with E-state index in [1.165, 1.54) is 0 Å². The molecule has 0 aliphatic heterocycles. The number of hydrogen-bond acceptors (Lipinski definition) is 6. The predicted octanol–water partition coefficient (Wildman–Crippen LogP) is 1.08. The van der Waals surface area contributed by atoms with Crippen LogP contribution in [0.4, 0.5) is 23.7 Å². The van der Waals surface area contributed by atoms with Crippen LogP contribution in [0.5, 0.6) is 0 Å². The molecule has 2 aromatic heterocycles. The van der Waals surface area contributed by atoms with Crippen LogP contribution in [-0.4, -0.2) is 48.1 Å². The molecule has 0 aliphatic rings. The number of nitrogens with zero attached hydrogens (tertiary/aromatic N) is 5. The lowest BCUT2D eigenvalue weighted by atomic mass is 10.6. The molecular weight excluding hydrogens is 230 g/mol. The van der Waals surface area contributed by atoms with Gasteiger partial charge in [-0.25, -0.2) is 0 Å². The third-order valence-electron chi connectivity index (χ3n) is 2.26. The van der Waals surface area contributed by atoms with Crippen molar-refractivity contribution in [2.45, 2.75) is 0 Å². The molecule has 2 aromatic rings. The number of rotatable bonds is 4. The molecule has 0 radical (unpaired) electrons. The molecule has 18 heavy (non-hydrogen) atoms. The molecule has 2 N–H and O–H groups in total. The molecule has 0 unspecified atom stereocenters. The van der Waals surface area contributed by atoms with Crippen molar-refractivity contribution < 1.29 is 0 Å². The summed E-state index contributed by atoms with van der Waals surface area (Å²) in [6.07, 6.45) is 1.84. The molecule has 0 aromatic carbocycles. The molecule has 0 saturated heterocycles. The maximum atomic E-state index is 4.34. The topological polar surface area (TPSA) is 73.0 Å². The molecule has 96 valence electrons. The lowest BCUT2D eigenvalue weighted by Crippen LogP contribution is -2.19. The average Bonchev–Trinajstić information content (AvgIpc) is 2.81. The summed E-state index contributed by atoms with van der Waals surface area (Å²) >= 11 is 0. The van der Waals surface area contributed by atoms with Crippen molar-refractivity contribution in [3.05, 3.63) is 18.3 Å². The van der Waals surface area contributed by atoms with Crippen molar-refractivity contribution in [2.24, 2.45) is 0 Å². The first-order valence-corrected chi connectivity index (χ1v) is 5.57. The summed E-state index contributed by atoms with van der Waals surface area (Å²) in [5, 5.41) is 3.10.